The largest absolute Gasteiger partial charge is 0.494 e. The van der Waals surface area contributed by atoms with Crippen molar-refractivity contribution in [3.63, 3.8) is 0 Å². The molecule has 0 radical (unpaired) electrons. The SMILES string of the molecule is Cc1cc(C)c(C)c(COCCCOc2ccc(C3CCNCC3OCc3ccc4ccccc4c3)cc2)c1C. The van der Waals surface area contributed by atoms with Gasteiger partial charge in [0.25, 0.3) is 0 Å². The molecule has 0 spiro atoms. The second kappa shape index (κ2) is 13.5. The van der Waals surface area contributed by atoms with E-state index in [1.54, 1.807) is 0 Å². The summed E-state index contributed by atoms with van der Waals surface area (Å²) < 4.78 is 18.5. The van der Waals surface area contributed by atoms with Crippen molar-refractivity contribution in [2.45, 2.75) is 65.8 Å². The average molecular weight is 538 g/mol. The third-order valence-corrected chi connectivity index (χ3v) is 8.48. The fourth-order valence-corrected chi connectivity index (χ4v) is 5.77. The molecule has 2 unspecified atom stereocenters. The fourth-order valence-electron chi connectivity index (χ4n) is 5.77. The molecule has 1 saturated heterocycles. The molecule has 1 aliphatic rings. The van der Waals surface area contributed by atoms with Crippen LogP contribution in [-0.2, 0) is 22.7 Å². The summed E-state index contributed by atoms with van der Waals surface area (Å²) in [6, 6.07) is 26.0. The van der Waals surface area contributed by atoms with Crippen LogP contribution in [0.1, 0.15) is 57.7 Å². The maximum Gasteiger partial charge on any atom is 0.119 e. The maximum absolute atomic E-state index is 6.47. The molecule has 1 aliphatic heterocycles. The smallest absolute Gasteiger partial charge is 0.119 e. The molecular weight excluding hydrogens is 494 g/mol. The Balaban J connectivity index is 1.08. The summed E-state index contributed by atoms with van der Waals surface area (Å²) in [6.07, 6.45) is 2.08. The van der Waals surface area contributed by atoms with Crippen molar-refractivity contribution >= 4 is 10.8 Å². The summed E-state index contributed by atoms with van der Waals surface area (Å²) in [5, 5.41) is 6.04. The number of benzene rings is 4. The average Bonchev–Trinajstić information content (AvgIpc) is 2.98. The molecule has 0 aliphatic carbocycles. The van der Waals surface area contributed by atoms with E-state index in [1.807, 2.05) is 0 Å². The Morgan fingerprint density at radius 1 is 0.775 bits per heavy atom. The van der Waals surface area contributed by atoms with E-state index in [1.165, 1.54) is 49.7 Å². The molecule has 5 rings (SSSR count). The van der Waals surface area contributed by atoms with E-state index in [4.69, 9.17) is 14.2 Å². The molecule has 2 atom stereocenters. The quantitative estimate of drug-likeness (QED) is 0.199. The van der Waals surface area contributed by atoms with E-state index >= 15 is 0 Å². The van der Waals surface area contributed by atoms with Gasteiger partial charge >= 0.3 is 0 Å². The van der Waals surface area contributed by atoms with Crippen LogP contribution in [0.4, 0.5) is 0 Å². The van der Waals surface area contributed by atoms with Crippen LogP contribution in [0.15, 0.2) is 72.8 Å². The summed E-state index contributed by atoms with van der Waals surface area (Å²) in [4.78, 5) is 0. The highest BCUT2D eigenvalue weighted by Gasteiger charge is 2.27. The first-order chi connectivity index (χ1) is 19.5. The molecule has 0 bridgehead atoms. The van der Waals surface area contributed by atoms with Gasteiger partial charge in [-0.1, -0.05) is 54.6 Å². The molecule has 1 heterocycles. The molecular formula is C36H43NO3. The topological polar surface area (TPSA) is 39.7 Å². The Morgan fingerprint density at radius 2 is 1.52 bits per heavy atom. The Hall–Kier alpha value is -3.18. The zero-order valence-electron chi connectivity index (χ0n) is 24.5. The molecule has 1 fully saturated rings. The Bertz CT molecular complexity index is 1390. The van der Waals surface area contributed by atoms with E-state index in [9.17, 15) is 0 Å². The third-order valence-electron chi connectivity index (χ3n) is 8.48. The Kier molecular flexibility index (Phi) is 9.53. The Labute approximate surface area is 239 Å². The first kappa shape index (κ1) is 28.4. The molecule has 4 nitrogen and oxygen atoms in total. The van der Waals surface area contributed by atoms with Gasteiger partial charge in [0.05, 0.1) is 32.5 Å². The normalized spacial score (nSPS) is 17.3. The molecule has 0 aromatic heterocycles. The third kappa shape index (κ3) is 6.93. The zero-order chi connectivity index (χ0) is 27.9. The lowest BCUT2D eigenvalue weighted by Gasteiger charge is -2.32. The second-order valence-corrected chi connectivity index (χ2v) is 11.2. The standard InChI is InChI=1S/C36H43NO3/c1-25-20-26(2)28(4)35(27(25)3)24-38-18-7-19-39-33-14-12-31(13-15-33)34-16-17-37-22-36(34)40-23-29-10-11-30-8-5-6-9-32(30)21-29/h5-6,8-15,20-21,34,36-37H,7,16-19,22-24H2,1-4H3. The lowest BCUT2D eigenvalue weighted by Crippen LogP contribution is -2.40. The van der Waals surface area contributed by atoms with E-state index in [-0.39, 0.29) is 6.10 Å². The maximum atomic E-state index is 6.47. The minimum Gasteiger partial charge on any atom is -0.494 e. The van der Waals surface area contributed by atoms with Crippen molar-refractivity contribution in [3.05, 3.63) is 112 Å². The van der Waals surface area contributed by atoms with Gasteiger partial charge in [-0.15, -0.1) is 0 Å². The zero-order valence-corrected chi connectivity index (χ0v) is 24.5. The Morgan fingerprint density at radius 3 is 2.30 bits per heavy atom. The van der Waals surface area contributed by atoms with Crippen molar-refractivity contribution < 1.29 is 14.2 Å². The van der Waals surface area contributed by atoms with Crippen molar-refractivity contribution in [3.8, 4) is 5.75 Å². The minimum absolute atomic E-state index is 0.147. The lowest BCUT2D eigenvalue weighted by molar-refractivity contribution is 0.0106. The number of nitrogens with one attached hydrogen (secondary N) is 1. The molecule has 210 valence electrons. The van der Waals surface area contributed by atoms with Crippen LogP contribution in [0.3, 0.4) is 0 Å². The van der Waals surface area contributed by atoms with Gasteiger partial charge in [-0.25, -0.2) is 0 Å². The van der Waals surface area contributed by atoms with Gasteiger partial charge in [0, 0.05) is 18.9 Å². The summed E-state index contributed by atoms with van der Waals surface area (Å²) >= 11 is 0. The second-order valence-electron chi connectivity index (χ2n) is 11.2. The highest BCUT2D eigenvalue weighted by atomic mass is 16.5. The number of aryl methyl sites for hydroxylation is 2. The fraction of sp³-hybridized carbons (Fsp3) is 0.389. The van der Waals surface area contributed by atoms with Crippen molar-refractivity contribution in [1.29, 1.82) is 0 Å². The van der Waals surface area contributed by atoms with Gasteiger partial charge in [-0.2, -0.15) is 0 Å². The van der Waals surface area contributed by atoms with Crippen LogP contribution >= 0.6 is 0 Å². The predicted octanol–water partition coefficient (Wildman–Crippen LogP) is 7.72. The molecule has 1 N–H and O–H groups in total. The molecule has 40 heavy (non-hydrogen) atoms. The molecule has 4 aromatic rings. The predicted molar refractivity (Wildman–Crippen MR) is 164 cm³/mol. The highest BCUT2D eigenvalue weighted by molar-refractivity contribution is 5.82. The molecule has 0 amide bonds. The van der Waals surface area contributed by atoms with Gasteiger partial charge in [0.1, 0.15) is 5.75 Å². The van der Waals surface area contributed by atoms with Gasteiger partial charge in [-0.3, -0.25) is 0 Å². The molecule has 4 heteroatoms. The van der Waals surface area contributed by atoms with Crippen LogP contribution < -0.4 is 10.1 Å². The van der Waals surface area contributed by atoms with Crippen LogP contribution in [-0.4, -0.2) is 32.4 Å². The molecule has 0 saturated carbocycles. The van der Waals surface area contributed by atoms with Gasteiger partial charge in [0.15, 0.2) is 0 Å². The minimum atomic E-state index is 0.147. The summed E-state index contributed by atoms with van der Waals surface area (Å²) in [5.41, 5.74) is 9.21. The number of piperidine rings is 1. The van der Waals surface area contributed by atoms with Crippen LogP contribution in [0.2, 0.25) is 0 Å². The van der Waals surface area contributed by atoms with Gasteiger partial charge in [0.2, 0.25) is 0 Å². The van der Waals surface area contributed by atoms with Gasteiger partial charge in [-0.05, 0) is 109 Å². The van der Waals surface area contributed by atoms with Gasteiger partial charge < -0.3 is 19.5 Å². The van der Waals surface area contributed by atoms with Crippen molar-refractivity contribution in [2.75, 3.05) is 26.3 Å². The first-order valence-corrected chi connectivity index (χ1v) is 14.7. The van der Waals surface area contributed by atoms with E-state index in [0.717, 1.165) is 31.7 Å². The number of hydrogen-bond acceptors (Lipinski definition) is 4. The number of rotatable bonds is 11. The monoisotopic (exact) mass is 537 g/mol. The molecule has 4 aromatic carbocycles. The summed E-state index contributed by atoms with van der Waals surface area (Å²) in [6.45, 7) is 13.2. The number of hydrogen-bond donors (Lipinski definition) is 1. The van der Waals surface area contributed by atoms with Crippen molar-refractivity contribution in [1.82, 2.24) is 5.32 Å². The highest BCUT2D eigenvalue weighted by Crippen LogP contribution is 2.30. The number of ether oxygens (including phenoxy) is 3. The van der Waals surface area contributed by atoms with Crippen LogP contribution in [0, 0.1) is 27.7 Å². The number of fused-ring (bicyclic) bond motifs is 1. The van der Waals surface area contributed by atoms with Crippen LogP contribution in [0.5, 0.6) is 5.75 Å². The first-order valence-electron chi connectivity index (χ1n) is 14.7. The summed E-state index contributed by atoms with van der Waals surface area (Å²) in [5.74, 6) is 1.29. The van der Waals surface area contributed by atoms with Crippen molar-refractivity contribution in [2.24, 2.45) is 0 Å². The van der Waals surface area contributed by atoms with Crippen LogP contribution in [0.25, 0.3) is 10.8 Å². The van der Waals surface area contributed by atoms with E-state index in [0.29, 0.717) is 32.3 Å². The lowest BCUT2D eigenvalue weighted by atomic mass is 9.87. The summed E-state index contributed by atoms with van der Waals surface area (Å²) in [7, 11) is 0. The van der Waals surface area contributed by atoms with E-state index < -0.39 is 0 Å². The van der Waals surface area contributed by atoms with E-state index in [2.05, 4.69) is 106 Å².